The first-order chi connectivity index (χ1) is 8.25. The van der Waals surface area contributed by atoms with E-state index in [-0.39, 0.29) is 5.91 Å². The average molecular weight is 250 g/mol. The van der Waals surface area contributed by atoms with Crippen molar-refractivity contribution >= 4 is 17.6 Å². The highest BCUT2D eigenvalue weighted by molar-refractivity contribution is 5.94. The van der Waals surface area contributed by atoms with Crippen molar-refractivity contribution in [2.75, 3.05) is 5.32 Å². The molecule has 0 aliphatic carbocycles. The van der Waals surface area contributed by atoms with Crippen LogP contribution in [-0.4, -0.2) is 23.0 Å². The minimum Gasteiger partial charge on any atom is -0.481 e. The van der Waals surface area contributed by atoms with Crippen molar-refractivity contribution in [2.45, 2.75) is 32.2 Å². The molecule has 5 nitrogen and oxygen atoms in total. The number of amides is 1. The zero-order valence-electron chi connectivity index (χ0n) is 10.7. The lowest BCUT2D eigenvalue weighted by Crippen LogP contribution is -2.32. The second-order valence-corrected chi connectivity index (χ2v) is 4.79. The fourth-order valence-corrected chi connectivity index (χ4v) is 1.35. The zero-order chi connectivity index (χ0) is 13.9. The predicted octanol–water partition coefficient (Wildman–Crippen LogP) is 1.33. The number of anilines is 1. The van der Waals surface area contributed by atoms with Crippen LogP contribution in [0.5, 0.6) is 0 Å². The van der Waals surface area contributed by atoms with Gasteiger partial charge in [0.2, 0.25) is 5.91 Å². The van der Waals surface area contributed by atoms with E-state index in [4.69, 9.17) is 10.8 Å². The third kappa shape index (κ3) is 3.07. The molecule has 4 N–H and O–H groups in total. The monoisotopic (exact) mass is 250 g/mol. The summed E-state index contributed by atoms with van der Waals surface area (Å²) in [7, 11) is 0. The van der Waals surface area contributed by atoms with E-state index in [1.54, 1.807) is 45.0 Å². The van der Waals surface area contributed by atoms with Gasteiger partial charge in [-0.15, -0.1) is 0 Å². The summed E-state index contributed by atoms with van der Waals surface area (Å²) in [6.45, 7) is 4.85. The van der Waals surface area contributed by atoms with Gasteiger partial charge in [0.05, 0.1) is 11.5 Å². The van der Waals surface area contributed by atoms with E-state index in [1.807, 2.05) is 0 Å². The Bertz CT molecular complexity index is 450. The maximum atomic E-state index is 11.4. The Labute approximate surface area is 106 Å². The lowest BCUT2D eigenvalue weighted by atomic mass is 9.85. The van der Waals surface area contributed by atoms with Crippen LogP contribution in [0.2, 0.25) is 0 Å². The molecule has 1 rings (SSSR count). The zero-order valence-corrected chi connectivity index (χ0v) is 10.7. The maximum Gasteiger partial charge on any atom is 0.313 e. The molecule has 0 aliphatic rings. The third-order valence-electron chi connectivity index (χ3n) is 2.82. The normalized spacial score (nSPS) is 12.9. The van der Waals surface area contributed by atoms with Crippen LogP contribution in [0.4, 0.5) is 5.69 Å². The van der Waals surface area contributed by atoms with E-state index in [1.165, 1.54) is 0 Å². The van der Waals surface area contributed by atoms with Crippen LogP contribution >= 0.6 is 0 Å². The van der Waals surface area contributed by atoms with E-state index in [0.29, 0.717) is 11.3 Å². The smallest absolute Gasteiger partial charge is 0.313 e. The number of aliphatic carboxylic acids is 1. The van der Waals surface area contributed by atoms with Crippen LogP contribution in [0, 0.1) is 0 Å². The second kappa shape index (κ2) is 5.18. The number of hydrogen-bond donors (Lipinski definition) is 3. The van der Waals surface area contributed by atoms with Crippen molar-refractivity contribution < 1.29 is 14.7 Å². The molecule has 1 amide bonds. The highest BCUT2D eigenvalue weighted by Crippen LogP contribution is 2.24. The van der Waals surface area contributed by atoms with Crippen molar-refractivity contribution in [3.8, 4) is 0 Å². The number of carbonyl (C=O) groups excluding carboxylic acids is 1. The lowest BCUT2D eigenvalue weighted by Gasteiger charge is -2.20. The van der Waals surface area contributed by atoms with Gasteiger partial charge in [0.15, 0.2) is 0 Å². The molecule has 0 bridgehead atoms. The number of carboxylic acid groups (broad SMARTS) is 1. The van der Waals surface area contributed by atoms with Gasteiger partial charge < -0.3 is 16.2 Å². The van der Waals surface area contributed by atoms with Gasteiger partial charge >= 0.3 is 5.97 Å². The highest BCUT2D eigenvalue weighted by Gasteiger charge is 2.29. The summed E-state index contributed by atoms with van der Waals surface area (Å²) >= 11 is 0. The Hall–Kier alpha value is -1.88. The lowest BCUT2D eigenvalue weighted by molar-refractivity contribution is -0.142. The molecule has 1 aromatic rings. The van der Waals surface area contributed by atoms with Gasteiger partial charge in [-0.05, 0) is 38.5 Å². The Balaban J connectivity index is 2.87. The first kappa shape index (κ1) is 14.2. The summed E-state index contributed by atoms with van der Waals surface area (Å²) in [5.74, 6) is -1.17. The van der Waals surface area contributed by atoms with E-state index in [2.05, 4.69) is 5.32 Å². The van der Waals surface area contributed by atoms with Crippen molar-refractivity contribution in [3.63, 3.8) is 0 Å². The first-order valence-corrected chi connectivity index (χ1v) is 5.65. The fraction of sp³-hybridized carbons (Fsp3) is 0.385. The summed E-state index contributed by atoms with van der Waals surface area (Å²) in [5.41, 5.74) is 5.75. The molecule has 0 saturated carbocycles. The minimum absolute atomic E-state index is 0.278. The highest BCUT2D eigenvalue weighted by atomic mass is 16.4. The van der Waals surface area contributed by atoms with Crippen LogP contribution in [0.25, 0.3) is 0 Å². The molecule has 0 heterocycles. The summed E-state index contributed by atoms with van der Waals surface area (Å²) in [6.07, 6.45) is 0. The summed E-state index contributed by atoms with van der Waals surface area (Å²) in [4.78, 5) is 22.5. The van der Waals surface area contributed by atoms with Gasteiger partial charge in [0, 0.05) is 5.69 Å². The standard InChI is InChI=1S/C13H18N2O3/c1-8(14)11(16)15-10-6-4-9(5-7-10)13(2,3)12(17)18/h4-8H,14H2,1-3H3,(H,15,16)(H,17,18)/t8-/m0/s1. The fourth-order valence-electron chi connectivity index (χ4n) is 1.35. The van der Waals surface area contributed by atoms with Crippen molar-refractivity contribution in [1.82, 2.24) is 0 Å². The molecule has 1 atom stereocenters. The molecule has 0 unspecified atom stereocenters. The van der Waals surface area contributed by atoms with Gasteiger partial charge in [0.25, 0.3) is 0 Å². The van der Waals surface area contributed by atoms with Crippen LogP contribution < -0.4 is 11.1 Å². The number of benzene rings is 1. The van der Waals surface area contributed by atoms with E-state index in [9.17, 15) is 9.59 Å². The molecule has 0 aliphatic heterocycles. The second-order valence-electron chi connectivity index (χ2n) is 4.79. The first-order valence-electron chi connectivity index (χ1n) is 5.65. The minimum atomic E-state index is -0.955. The third-order valence-corrected chi connectivity index (χ3v) is 2.82. The van der Waals surface area contributed by atoms with Crippen LogP contribution in [0.3, 0.4) is 0 Å². The number of hydrogen-bond acceptors (Lipinski definition) is 3. The molecule has 1 aromatic carbocycles. The number of carbonyl (C=O) groups is 2. The van der Waals surface area contributed by atoms with E-state index in [0.717, 1.165) is 0 Å². The SMILES string of the molecule is C[C@H](N)C(=O)Nc1ccc(C(C)(C)C(=O)O)cc1. The quantitative estimate of drug-likeness (QED) is 0.751. The molecule has 0 fully saturated rings. The van der Waals surface area contributed by atoms with Crippen molar-refractivity contribution in [1.29, 1.82) is 0 Å². The molecule has 5 heteroatoms. The predicted molar refractivity (Wildman–Crippen MR) is 69.4 cm³/mol. The summed E-state index contributed by atoms with van der Waals surface area (Å²) in [5, 5.41) is 11.7. The van der Waals surface area contributed by atoms with Crippen LogP contribution in [-0.2, 0) is 15.0 Å². The number of nitrogens with two attached hydrogens (primary N) is 1. The van der Waals surface area contributed by atoms with Crippen LogP contribution in [0.15, 0.2) is 24.3 Å². The maximum absolute atomic E-state index is 11.4. The van der Waals surface area contributed by atoms with Gasteiger partial charge in [-0.2, -0.15) is 0 Å². The molecule has 0 radical (unpaired) electrons. The van der Waals surface area contributed by atoms with Crippen molar-refractivity contribution in [2.24, 2.45) is 5.73 Å². The molecule has 0 aromatic heterocycles. The molecular weight excluding hydrogens is 232 g/mol. The summed E-state index contributed by atoms with van der Waals surface area (Å²) in [6, 6.07) is 6.12. The molecule has 0 saturated heterocycles. The topological polar surface area (TPSA) is 92.4 Å². The molecule has 98 valence electrons. The van der Waals surface area contributed by atoms with Gasteiger partial charge in [0.1, 0.15) is 0 Å². The van der Waals surface area contributed by atoms with Gasteiger partial charge in [-0.25, -0.2) is 0 Å². The number of rotatable bonds is 4. The average Bonchev–Trinajstić information content (AvgIpc) is 2.29. The van der Waals surface area contributed by atoms with Crippen LogP contribution in [0.1, 0.15) is 26.3 Å². The van der Waals surface area contributed by atoms with Gasteiger partial charge in [-0.3, -0.25) is 9.59 Å². The molecule has 0 spiro atoms. The summed E-state index contributed by atoms with van der Waals surface area (Å²) < 4.78 is 0. The Morgan fingerprint density at radius 2 is 1.78 bits per heavy atom. The van der Waals surface area contributed by atoms with E-state index >= 15 is 0 Å². The van der Waals surface area contributed by atoms with Crippen molar-refractivity contribution in [3.05, 3.63) is 29.8 Å². The van der Waals surface area contributed by atoms with E-state index < -0.39 is 17.4 Å². The van der Waals surface area contributed by atoms with Gasteiger partial charge in [-0.1, -0.05) is 12.1 Å². The molecular formula is C13H18N2O3. The Morgan fingerprint density at radius 3 is 2.17 bits per heavy atom. The number of carboxylic acids is 1. The number of nitrogens with one attached hydrogen (secondary N) is 1. The Kier molecular flexibility index (Phi) is 4.08. The molecule has 18 heavy (non-hydrogen) atoms. The largest absolute Gasteiger partial charge is 0.481 e. The Morgan fingerprint density at radius 1 is 1.28 bits per heavy atom.